The molecule has 0 aliphatic carbocycles. The second-order valence-electron chi connectivity index (χ2n) is 4.29. The smallest absolute Gasteiger partial charge is 0.335 e. The van der Waals surface area contributed by atoms with Gasteiger partial charge in [-0.2, -0.15) is 0 Å². The summed E-state index contributed by atoms with van der Waals surface area (Å²) < 4.78 is 21.2. The summed E-state index contributed by atoms with van der Waals surface area (Å²) in [4.78, 5) is 11.1. The van der Waals surface area contributed by atoms with Crippen LogP contribution in [0.1, 0.15) is 10.4 Å². The summed E-state index contributed by atoms with van der Waals surface area (Å²) in [7, 11) is 4.44. The van der Waals surface area contributed by atoms with Crippen molar-refractivity contribution in [3.05, 3.63) is 42.0 Å². The van der Waals surface area contributed by atoms with Crippen LogP contribution in [-0.4, -0.2) is 32.4 Å². The van der Waals surface area contributed by atoms with Crippen LogP contribution < -0.4 is 18.9 Å². The van der Waals surface area contributed by atoms with Crippen molar-refractivity contribution in [3.8, 4) is 28.7 Å². The minimum Gasteiger partial charge on any atom is -0.497 e. The molecule has 0 atom stereocenters. The van der Waals surface area contributed by atoms with Gasteiger partial charge in [0.05, 0.1) is 26.9 Å². The molecule has 22 heavy (non-hydrogen) atoms. The maximum atomic E-state index is 11.1. The third-order valence-corrected chi connectivity index (χ3v) is 2.99. The van der Waals surface area contributed by atoms with Crippen LogP contribution in [0.15, 0.2) is 36.4 Å². The summed E-state index contributed by atoms with van der Waals surface area (Å²) in [6.45, 7) is 0. The van der Waals surface area contributed by atoms with Gasteiger partial charge in [0.15, 0.2) is 11.5 Å². The Labute approximate surface area is 127 Å². The number of methoxy groups -OCH3 is 3. The highest BCUT2D eigenvalue weighted by atomic mass is 16.5. The SMILES string of the molecule is COc1ccc(Oc2c(OC)cc(C(=O)O)cc2OC)cc1. The van der Waals surface area contributed by atoms with Crippen LogP contribution in [0.25, 0.3) is 0 Å². The molecule has 0 heterocycles. The van der Waals surface area contributed by atoms with Crippen LogP contribution in [-0.2, 0) is 0 Å². The third kappa shape index (κ3) is 3.22. The average Bonchev–Trinajstić information content (AvgIpc) is 2.55. The number of benzene rings is 2. The minimum atomic E-state index is -1.08. The number of hydrogen-bond donors (Lipinski definition) is 1. The zero-order valence-electron chi connectivity index (χ0n) is 12.5. The molecule has 0 saturated carbocycles. The number of carboxylic acid groups (broad SMARTS) is 1. The molecule has 6 nitrogen and oxygen atoms in total. The zero-order valence-corrected chi connectivity index (χ0v) is 12.5. The number of hydrogen-bond acceptors (Lipinski definition) is 5. The molecule has 0 aliphatic rings. The van der Waals surface area contributed by atoms with Crippen molar-refractivity contribution in [2.45, 2.75) is 0 Å². The van der Waals surface area contributed by atoms with Crippen molar-refractivity contribution in [1.29, 1.82) is 0 Å². The Morgan fingerprint density at radius 1 is 0.864 bits per heavy atom. The molecule has 1 N–H and O–H groups in total. The second kappa shape index (κ2) is 6.71. The van der Waals surface area contributed by atoms with Crippen molar-refractivity contribution in [3.63, 3.8) is 0 Å². The summed E-state index contributed by atoms with van der Waals surface area (Å²) in [6.07, 6.45) is 0. The quantitative estimate of drug-likeness (QED) is 0.883. The molecule has 0 aliphatic heterocycles. The van der Waals surface area contributed by atoms with Gasteiger partial charge in [-0.05, 0) is 36.4 Å². The van der Waals surface area contributed by atoms with Gasteiger partial charge >= 0.3 is 5.97 Å². The molecular formula is C16H16O6. The maximum Gasteiger partial charge on any atom is 0.335 e. The molecule has 0 aromatic heterocycles. The molecule has 2 rings (SSSR count). The third-order valence-electron chi connectivity index (χ3n) is 2.99. The fourth-order valence-electron chi connectivity index (χ4n) is 1.87. The van der Waals surface area contributed by atoms with E-state index in [9.17, 15) is 4.79 Å². The number of carboxylic acids is 1. The average molecular weight is 304 g/mol. The molecule has 2 aromatic rings. The molecule has 0 radical (unpaired) electrons. The lowest BCUT2D eigenvalue weighted by molar-refractivity contribution is 0.0696. The van der Waals surface area contributed by atoms with Crippen LogP contribution in [0.2, 0.25) is 0 Å². The normalized spacial score (nSPS) is 9.95. The van der Waals surface area contributed by atoms with Crippen LogP contribution in [0, 0.1) is 0 Å². The van der Waals surface area contributed by atoms with Gasteiger partial charge in [-0.25, -0.2) is 4.79 Å². The van der Waals surface area contributed by atoms with Crippen molar-refractivity contribution in [2.75, 3.05) is 21.3 Å². The standard InChI is InChI=1S/C16H16O6/c1-19-11-4-6-12(7-5-11)22-15-13(20-2)8-10(16(17)18)9-14(15)21-3/h4-9H,1-3H3,(H,17,18). The highest BCUT2D eigenvalue weighted by molar-refractivity contribution is 5.89. The Balaban J connectivity index is 2.41. The topological polar surface area (TPSA) is 74.2 Å². The van der Waals surface area contributed by atoms with Gasteiger partial charge in [-0.15, -0.1) is 0 Å². The molecule has 116 valence electrons. The van der Waals surface area contributed by atoms with Gasteiger partial charge < -0.3 is 24.1 Å². The van der Waals surface area contributed by atoms with E-state index in [1.165, 1.54) is 26.4 Å². The first-order chi connectivity index (χ1) is 10.6. The van der Waals surface area contributed by atoms with Crippen molar-refractivity contribution in [1.82, 2.24) is 0 Å². The fourth-order valence-corrected chi connectivity index (χ4v) is 1.87. The summed E-state index contributed by atoms with van der Waals surface area (Å²) in [5, 5.41) is 9.10. The molecule has 0 saturated heterocycles. The van der Waals surface area contributed by atoms with E-state index in [2.05, 4.69) is 0 Å². The maximum absolute atomic E-state index is 11.1. The predicted molar refractivity (Wildman–Crippen MR) is 79.6 cm³/mol. The van der Waals surface area contributed by atoms with Crippen molar-refractivity contribution >= 4 is 5.97 Å². The lowest BCUT2D eigenvalue weighted by Crippen LogP contribution is -2.01. The van der Waals surface area contributed by atoms with Gasteiger partial charge in [0.25, 0.3) is 0 Å². The molecule has 0 unspecified atom stereocenters. The summed E-state index contributed by atoms with van der Waals surface area (Å²) in [5.41, 5.74) is 0.0516. The summed E-state index contributed by atoms with van der Waals surface area (Å²) in [5.74, 6) is 1.01. The highest BCUT2D eigenvalue weighted by Gasteiger charge is 2.18. The second-order valence-corrected chi connectivity index (χ2v) is 4.29. The van der Waals surface area contributed by atoms with E-state index >= 15 is 0 Å². The zero-order chi connectivity index (χ0) is 16.1. The Hall–Kier alpha value is -2.89. The van der Waals surface area contributed by atoms with Gasteiger partial charge in [0.2, 0.25) is 5.75 Å². The van der Waals surface area contributed by atoms with E-state index in [4.69, 9.17) is 24.1 Å². The Morgan fingerprint density at radius 3 is 1.77 bits per heavy atom. The molecule has 6 heteroatoms. The van der Waals surface area contributed by atoms with Gasteiger partial charge in [0, 0.05) is 0 Å². The Morgan fingerprint density at radius 2 is 1.36 bits per heavy atom. The Kier molecular flexibility index (Phi) is 4.73. The first kappa shape index (κ1) is 15.5. The summed E-state index contributed by atoms with van der Waals surface area (Å²) in [6, 6.07) is 9.71. The molecule has 0 amide bonds. The van der Waals surface area contributed by atoms with Gasteiger partial charge in [0.1, 0.15) is 11.5 Å². The predicted octanol–water partition coefficient (Wildman–Crippen LogP) is 3.20. The number of ether oxygens (including phenoxy) is 4. The first-order valence-electron chi connectivity index (χ1n) is 6.40. The monoisotopic (exact) mass is 304 g/mol. The number of carbonyl (C=O) groups is 1. The van der Waals surface area contributed by atoms with E-state index in [-0.39, 0.29) is 17.1 Å². The molecule has 0 spiro atoms. The molecule has 2 aromatic carbocycles. The van der Waals surface area contributed by atoms with Gasteiger partial charge in [-0.1, -0.05) is 0 Å². The van der Waals surface area contributed by atoms with E-state index in [1.54, 1.807) is 31.4 Å². The molecule has 0 fully saturated rings. The lowest BCUT2D eigenvalue weighted by Gasteiger charge is -2.15. The Bertz CT molecular complexity index is 638. The van der Waals surface area contributed by atoms with Gasteiger partial charge in [-0.3, -0.25) is 0 Å². The van der Waals surface area contributed by atoms with Crippen molar-refractivity contribution in [2.24, 2.45) is 0 Å². The van der Waals surface area contributed by atoms with Crippen LogP contribution >= 0.6 is 0 Å². The van der Waals surface area contributed by atoms with E-state index in [0.717, 1.165) is 0 Å². The largest absolute Gasteiger partial charge is 0.497 e. The molecular weight excluding hydrogens is 288 g/mol. The fraction of sp³-hybridized carbons (Fsp3) is 0.188. The van der Waals surface area contributed by atoms with Crippen LogP contribution in [0.3, 0.4) is 0 Å². The number of rotatable bonds is 6. The summed E-state index contributed by atoms with van der Waals surface area (Å²) >= 11 is 0. The first-order valence-corrected chi connectivity index (χ1v) is 6.40. The van der Waals surface area contributed by atoms with E-state index in [1.807, 2.05) is 0 Å². The van der Waals surface area contributed by atoms with Crippen molar-refractivity contribution < 1.29 is 28.8 Å². The number of aromatic carboxylic acids is 1. The van der Waals surface area contributed by atoms with E-state index < -0.39 is 5.97 Å². The van der Waals surface area contributed by atoms with Crippen LogP contribution in [0.5, 0.6) is 28.7 Å². The van der Waals surface area contributed by atoms with E-state index in [0.29, 0.717) is 17.2 Å². The highest BCUT2D eigenvalue weighted by Crippen LogP contribution is 2.41. The lowest BCUT2D eigenvalue weighted by atomic mass is 10.2. The molecule has 0 bridgehead atoms. The minimum absolute atomic E-state index is 0.0516. The van der Waals surface area contributed by atoms with Crippen LogP contribution in [0.4, 0.5) is 0 Å².